The molecule has 2 aromatic carbocycles. The Morgan fingerprint density at radius 1 is 1.07 bits per heavy atom. The number of hydrogen-bond acceptors (Lipinski definition) is 6. The van der Waals surface area contributed by atoms with Gasteiger partial charge in [-0.15, -0.1) is 0 Å². The molecule has 140 valence electrons. The highest BCUT2D eigenvalue weighted by atomic mass is 16.5. The van der Waals surface area contributed by atoms with E-state index >= 15 is 0 Å². The second kappa shape index (κ2) is 7.95. The average Bonchev–Trinajstić information content (AvgIpc) is 2.68. The van der Waals surface area contributed by atoms with Crippen LogP contribution in [0.3, 0.4) is 0 Å². The van der Waals surface area contributed by atoms with Crippen molar-refractivity contribution in [3.05, 3.63) is 53.7 Å². The van der Waals surface area contributed by atoms with Crippen molar-refractivity contribution in [3.8, 4) is 11.5 Å². The number of methoxy groups -OCH3 is 2. The van der Waals surface area contributed by atoms with Gasteiger partial charge in [0.05, 0.1) is 37.7 Å². The summed E-state index contributed by atoms with van der Waals surface area (Å²) in [5, 5.41) is 4.20. The molecule has 6 heteroatoms. The molecule has 0 aliphatic heterocycles. The summed E-state index contributed by atoms with van der Waals surface area (Å²) in [5.74, 6) is 0.938. The molecule has 1 heterocycles. The fourth-order valence-corrected chi connectivity index (χ4v) is 2.84. The lowest BCUT2D eigenvalue weighted by atomic mass is 10.1. The molecular weight excluding hydrogens is 344 g/mol. The maximum atomic E-state index is 12.0. The standard InChI is InChI=1S/C21H22N2O4/c1-5-27-14-7-8-16-15(11-14)17(12-19(22-16)21(24)26-4)23-18-10-13(2)6-9-20(18)25-3/h6-12H,5H2,1-4H3,(H,22,23). The van der Waals surface area contributed by atoms with E-state index in [2.05, 4.69) is 10.3 Å². The van der Waals surface area contributed by atoms with E-state index in [0.717, 1.165) is 22.4 Å². The van der Waals surface area contributed by atoms with E-state index in [1.54, 1.807) is 13.2 Å². The van der Waals surface area contributed by atoms with Crippen LogP contribution < -0.4 is 14.8 Å². The minimum atomic E-state index is -0.495. The summed E-state index contributed by atoms with van der Waals surface area (Å²) in [6.45, 7) is 4.50. The van der Waals surface area contributed by atoms with Crippen molar-refractivity contribution in [2.45, 2.75) is 13.8 Å². The number of ether oxygens (including phenoxy) is 3. The molecule has 6 nitrogen and oxygen atoms in total. The minimum absolute atomic E-state index is 0.225. The van der Waals surface area contributed by atoms with Gasteiger partial charge in [0.25, 0.3) is 0 Å². The molecule has 0 unspecified atom stereocenters. The zero-order valence-electron chi connectivity index (χ0n) is 15.8. The number of fused-ring (bicyclic) bond motifs is 1. The summed E-state index contributed by atoms with van der Waals surface area (Å²) in [6.07, 6.45) is 0. The van der Waals surface area contributed by atoms with Gasteiger partial charge in [-0.3, -0.25) is 0 Å². The van der Waals surface area contributed by atoms with Crippen molar-refractivity contribution in [1.82, 2.24) is 4.98 Å². The first kappa shape index (κ1) is 18.5. The zero-order valence-corrected chi connectivity index (χ0v) is 15.8. The number of anilines is 2. The van der Waals surface area contributed by atoms with Crippen LogP contribution in [0.15, 0.2) is 42.5 Å². The molecule has 0 atom stereocenters. The quantitative estimate of drug-likeness (QED) is 0.649. The van der Waals surface area contributed by atoms with Gasteiger partial charge in [0.1, 0.15) is 11.5 Å². The maximum Gasteiger partial charge on any atom is 0.356 e. The number of hydrogen-bond donors (Lipinski definition) is 1. The van der Waals surface area contributed by atoms with Crippen molar-refractivity contribution < 1.29 is 19.0 Å². The van der Waals surface area contributed by atoms with E-state index in [1.807, 2.05) is 50.2 Å². The predicted molar refractivity (Wildman–Crippen MR) is 105 cm³/mol. The summed E-state index contributed by atoms with van der Waals surface area (Å²) < 4.78 is 15.9. The van der Waals surface area contributed by atoms with Crippen molar-refractivity contribution in [3.63, 3.8) is 0 Å². The van der Waals surface area contributed by atoms with E-state index in [4.69, 9.17) is 14.2 Å². The van der Waals surface area contributed by atoms with Gasteiger partial charge in [0, 0.05) is 5.39 Å². The normalized spacial score (nSPS) is 10.5. The number of rotatable bonds is 6. The van der Waals surface area contributed by atoms with Gasteiger partial charge in [-0.2, -0.15) is 0 Å². The van der Waals surface area contributed by atoms with Crippen molar-refractivity contribution in [2.75, 3.05) is 26.1 Å². The molecule has 0 bridgehead atoms. The predicted octanol–water partition coefficient (Wildman–Crippen LogP) is 4.48. The number of nitrogens with one attached hydrogen (secondary N) is 1. The molecule has 0 saturated carbocycles. The van der Waals surface area contributed by atoms with Gasteiger partial charge in [-0.1, -0.05) is 6.07 Å². The first-order valence-electron chi connectivity index (χ1n) is 8.63. The summed E-state index contributed by atoms with van der Waals surface area (Å²) in [4.78, 5) is 16.5. The number of carbonyl (C=O) groups is 1. The minimum Gasteiger partial charge on any atom is -0.495 e. The molecule has 0 aliphatic carbocycles. The molecule has 0 spiro atoms. The number of benzene rings is 2. The molecule has 3 aromatic rings. The third-order valence-electron chi connectivity index (χ3n) is 4.11. The highest BCUT2D eigenvalue weighted by molar-refractivity contribution is 5.99. The second-order valence-corrected chi connectivity index (χ2v) is 5.99. The number of aromatic nitrogens is 1. The van der Waals surface area contributed by atoms with Crippen LogP contribution in [0.1, 0.15) is 23.0 Å². The van der Waals surface area contributed by atoms with Crippen LogP contribution in [-0.4, -0.2) is 31.8 Å². The number of aryl methyl sites for hydroxylation is 1. The largest absolute Gasteiger partial charge is 0.495 e. The number of nitrogens with zero attached hydrogens (tertiary/aromatic N) is 1. The smallest absolute Gasteiger partial charge is 0.356 e. The number of carbonyl (C=O) groups excluding carboxylic acids is 1. The molecule has 0 radical (unpaired) electrons. The highest BCUT2D eigenvalue weighted by Crippen LogP contribution is 2.34. The third kappa shape index (κ3) is 3.95. The second-order valence-electron chi connectivity index (χ2n) is 5.99. The Morgan fingerprint density at radius 3 is 2.59 bits per heavy atom. The summed E-state index contributed by atoms with van der Waals surface area (Å²) in [7, 11) is 2.96. The Morgan fingerprint density at radius 2 is 1.89 bits per heavy atom. The first-order valence-corrected chi connectivity index (χ1v) is 8.63. The molecule has 3 rings (SSSR count). The van der Waals surface area contributed by atoms with Crippen molar-refractivity contribution in [2.24, 2.45) is 0 Å². The van der Waals surface area contributed by atoms with Crippen LogP contribution in [0.5, 0.6) is 11.5 Å². The summed E-state index contributed by atoms with van der Waals surface area (Å²) >= 11 is 0. The van der Waals surface area contributed by atoms with Crippen molar-refractivity contribution >= 4 is 28.2 Å². The van der Waals surface area contributed by atoms with E-state index in [-0.39, 0.29) is 5.69 Å². The number of esters is 1. The van der Waals surface area contributed by atoms with Gasteiger partial charge in [-0.25, -0.2) is 9.78 Å². The number of pyridine rings is 1. The topological polar surface area (TPSA) is 69.7 Å². The van der Waals surface area contributed by atoms with Crippen LogP contribution in [0.25, 0.3) is 10.9 Å². The molecule has 1 N–H and O–H groups in total. The van der Waals surface area contributed by atoms with Crippen LogP contribution in [0.2, 0.25) is 0 Å². The Hall–Kier alpha value is -3.28. The lowest BCUT2D eigenvalue weighted by Gasteiger charge is -2.15. The van der Waals surface area contributed by atoms with Gasteiger partial charge >= 0.3 is 5.97 Å². The van der Waals surface area contributed by atoms with Gasteiger partial charge in [0.2, 0.25) is 0 Å². The molecule has 0 amide bonds. The summed E-state index contributed by atoms with van der Waals surface area (Å²) in [6, 6.07) is 13.1. The molecular formula is C21H22N2O4. The SMILES string of the molecule is CCOc1ccc2nc(C(=O)OC)cc(Nc3cc(C)ccc3OC)c2c1. The van der Waals surface area contributed by atoms with Gasteiger partial charge < -0.3 is 19.5 Å². The fraction of sp³-hybridized carbons (Fsp3) is 0.238. The zero-order chi connectivity index (χ0) is 19.4. The van der Waals surface area contributed by atoms with Crippen molar-refractivity contribution in [1.29, 1.82) is 0 Å². The Balaban J connectivity index is 2.17. The van der Waals surface area contributed by atoms with Gasteiger partial charge in [0.15, 0.2) is 5.69 Å². The average molecular weight is 366 g/mol. The van der Waals surface area contributed by atoms with E-state index in [9.17, 15) is 4.79 Å². The van der Waals surface area contributed by atoms with Crippen LogP contribution in [-0.2, 0) is 4.74 Å². The van der Waals surface area contributed by atoms with Crippen LogP contribution >= 0.6 is 0 Å². The van der Waals surface area contributed by atoms with E-state index in [0.29, 0.717) is 23.6 Å². The lowest BCUT2D eigenvalue weighted by molar-refractivity contribution is 0.0594. The lowest BCUT2D eigenvalue weighted by Crippen LogP contribution is -2.06. The first-order chi connectivity index (χ1) is 13.0. The molecule has 0 saturated heterocycles. The molecule has 0 aliphatic rings. The molecule has 27 heavy (non-hydrogen) atoms. The van der Waals surface area contributed by atoms with E-state index < -0.39 is 5.97 Å². The highest BCUT2D eigenvalue weighted by Gasteiger charge is 2.15. The fourth-order valence-electron chi connectivity index (χ4n) is 2.84. The molecule has 1 aromatic heterocycles. The Kier molecular flexibility index (Phi) is 5.45. The molecule has 0 fully saturated rings. The van der Waals surface area contributed by atoms with Crippen LogP contribution in [0, 0.1) is 6.92 Å². The third-order valence-corrected chi connectivity index (χ3v) is 4.11. The maximum absolute atomic E-state index is 12.0. The summed E-state index contributed by atoms with van der Waals surface area (Å²) in [5.41, 5.74) is 3.48. The monoisotopic (exact) mass is 366 g/mol. The Bertz CT molecular complexity index is 985. The van der Waals surface area contributed by atoms with Crippen LogP contribution in [0.4, 0.5) is 11.4 Å². The Labute approximate surface area is 158 Å². The van der Waals surface area contributed by atoms with Gasteiger partial charge in [-0.05, 0) is 55.8 Å². The van der Waals surface area contributed by atoms with E-state index in [1.165, 1.54) is 7.11 Å².